The number of fused-ring (bicyclic) bond motifs is 1. The Hall–Kier alpha value is -3.97. The smallest absolute Gasteiger partial charge is 0.262 e. The summed E-state index contributed by atoms with van der Waals surface area (Å²) in [4.78, 5) is 26.1. The normalized spacial score (nSPS) is 11.3. The lowest BCUT2D eigenvalue weighted by atomic mass is 9.86. The Morgan fingerprint density at radius 2 is 1.65 bits per heavy atom. The predicted octanol–water partition coefficient (Wildman–Crippen LogP) is 6.45. The molecule has 7 nitrogen and oxygen atoms in total. The highest BCUT2D eigenvalue weighted by Crippen LogP contribution is 2.34. The molecule has 0 spiro atoms. The molecule has 0 aliphatic rings. The van der Waals surface area contributed by atoms with Gasteiger partial charge in [0.25, 0.3) is 5.91 Å². The highest BCUT2D eigenvalue weighted by molar-refractivity contribution is 6.31. The third-order valence-corrected chi connectivity index (χ3v) is 6.07. The Balaban J connectivity index is 1.66. The Kier molecular flexibility index (Phi) is 7.45. The molecule has 0 saturated heterocycles. The van der Waals surface area contributed by atoms with Crippen LogP contribution in [0.4, 0.5) is 5.69 Å². The van der Waals surface area contributed by atoms with Gasteiger partial charge < -0.3 is 23.9 Å². The molecule has 192 valence electrons. The van der Waals surface area contributed by atoms with E-state index >= 15 is 0 Å². The standard InChI is InChI=1S/C29H28ClNO6/c1-29(2,3)18-8-6-17(7-9-18)27-28(26(33)21-14-19(30)10-12-22(21)37-27)36-16-25(32)31-20-11-13-23(34-4)24(15-20)35-5/h6-15H,16H2,1-5H3,(H,31,32). The monoisotopic (exact) mass is 521 g/mol. The minimum Gasteiger partial charge on any atom is -0.493 e. The second-order valence-corrected chi connectivity index (χ2v) is 9.90. The van der Waals surface area contributed by atoms with Crippen LogP contribution in [0.1, 0.15) is 26.3 Å². The first-order valence-corrected chi connectivity index (χ1v) is 12.0. The Bertz CT molecular complexity index is 1500. The van der Waals surface area contributed by atoms with Crippen LogP contribution in [0.2, 0.25) is 5.02 Å². The van der Waals surface area contributed by atoms with Gasteiger partial charge in [-0.05, 0) is 41.3 Å². The van der Waals surface area contributed by atoms with E-state index in [1.807, 2.05) is 24.3 Å². The molecule has 0 atom stereocenters. The molecule has 3 aromatic carbocycles. The minimum absolute atomic E-state index is 0.0406. The van der Waals surface area contributed by atoms with Crippen molar-refractivity contribution in [3.63, 3.8) is 0 Å². The van der Waals surface area contributed by atoms with Gasteiger partial charge in [-0.15, -0.1) is 0 Å². The molecular weight excluding hydrogens is 494 g/mol. The fourth-order valence-corrected chi connectivity index (χ4v) is 4.01. The van der Waals surface area contributed by atoms with Gasteiger partial charge >= 0.3 is 0 Å². The quantitative estimate of drug-likeness (QED) is 0.301. The van der Waals surface area contributed by atoms with Crippen LogP contribution in [0.3, 0.4) is 0 Å². The number of halogens is 1. The number of methoxy groups -OCH3 is 2. The Morgan fingerprint density at radius 1 is 0.946 bits per heavy atom. The van der Waals surface area contributed by atoms with E-state index in [0.717, 1.165) is 5.56 Å². The van der Waals surface area contributed by atoms with Crippen molar-refractivity contribution in [2.75, 3.05) is 26.1 Å². The van der Waals surface area contributed by atoms with Crippen molar-refractivity contribution in [1.29, 1.82) is 0 Å². The number of rotatable bonds is 7. The predicted molar refractivity (Wildman–Crippen MR) is 145 cm³/mol. The molecule has 37 heavy (non-hydrogen) atoms. The number of carbonyl (C=O) groups excluding carboxylic acids is 1. The third-order valence-electron chi connectivity index (χ3n) is 5.84. The molecule has 1 N–H and O–H groups in total. The number of ether oxygens (including phenoxy) is 3. The highest BCUT2D eigenvalue weighted by Gasteiger charge is 2.21. The average Bonchev–Trinajstić information content (AvgIpc) is 2.87. The number of nitrogens with one attached hydrogen (secondary N) is 1. The molecule has 1 aromatic heterocycles. The summed E-state index contributed by atoms with van der Waals surface area (Å²) in [6.07, 6.45) is 0. The Labute approximate surface area is 219 Å². The van der Waals surface area contributed by atoms with Crippen LogP contribution in [-0.2, 0) is 10.2 Å². The zero-order chi connectivity index (χ0) is 26.7. The first-order valence-electron chi connectivity index (χ1n) is 11.6. The topological polar surface area (TPSA) is 87.0 Å². The van der Waals surface area contributed by atoms with Crippen molar-refractivity contribution in [3.05, 3.63) is 81.5 Å². The van der Waals surface area contributed by atoms with E-state index in [9.17, 15) is 9.59 Å². The molecule has 0 aliphatic carbocycles. The molecule has 0 saturated carbocycles. The lowest BCUT2D eigenvalue weighted by molar-refractivity contribution is -0.118. The van der Waals surface area contributed by atoms with E-state index in [0.29, 0.717) is 33.4 Å². The molecule has 4 rings (SSSR count). The van der Waals surface area contributed by atoms with Crippen LogP contribution in [0.15, 0.2) is 69.9 Å². The van der Waals surface area contributed by atoms with Gasteiger partial charge in [-0.25, -0.2) is 0 Å². The molecule has 0 fully saturated rings. The second kappa shape index (κ2) is 10.6. The number of hydrogen-bond donors (Lipinski definition) is 1. The summed E-state index contributed by atoms with van der Waals surface area (Å²) in [6.45, 7) is 5.94. The van der Waals surface area contributed by atoms with Crippen LogP contribution in [0, 0.1) is 0 Å². The van der Waals surface area contributed by atoms with E-state index < -0.39 is 17.9 Å². The van der Waals surface area contributed by atoms with Crippen LogP contribution >= 0.6 is 11.6 Å². The lowest BCUT2D eigenvalue weighted by Crippen LogP contribution is -2.22. The first-order chi connectivity index (χ1) is 17.6. The van der Waals surface area contributed by atoms with Crippen molar-refractivity contribution in [3.8, 4) is 28.6 Å². The van der Waals surface area contributed by atoms with Gasteiger partial charge in [-0.3, -0.25) is 9.59 Å². The van der Waals surface area contributed by atoms with Gasteiger partial charge in [0.1, 0.15) is 5.58 Å². The largest absolute Gasteiger partial charge is 0.493 e. The molecule has 4 aromatic rings. The number of amides is 1. The molecule has 1 amide bonds. The van der Waals surface area contributed by atoms with E-state index in [4.69, 9.17) is 30.2 Å². The van der Waals surface area contributed by atoms with Crippen LogP contribution < -0.4 is 25.0 Å². The molecule has 0 bridgehead atoms. The van der Waals surface area contributed by atoms with Crippen molar-refractivity contribution in [2.45, 2.75) is 26.2 Å². The SMILES string of the molecule is COc1ccc(NC(=O)COc2c(-c3ccc(C(C)(C)C)cc3)oc3ccc(Cl)cc3c2=O)cc1OC. The maximum Gasteiger partial charge on any atom is 0.262 e. The first kappa shape index (κ1) is 26.1. The van der Waals surface area contributed by atoms with Gasteiger partial charge in [-0.2, -0.15) is 0 Å². The van der Waals surface area contributed by atoms with Crippen molar-refractivity contribution < 1.29 is 23.4 Å². The van der Waals surface area contributed by atoms with Crippen molar-refractivity contribution >= 4 is 34.2 Å². The fourth-order valence-electron chi connectivity index (χ4n) is 3.84. The maximum atomic E-state index is 13.4. The number of benzene rings is 3. The fraction of sp³-hybridized carbons (Fsp3) is 0.241. The average molecular weight is 522 g/mol. The van der Waals surface area contributed by atoms with E-state index in [2.05, 4.69) is 26.1 Å². The van der Waals surface area contributed by atoms with E-state index in [-0.39, 0.29) is 22.3 Å². The van der Waals surface area contributed by atoms with Crippen LogP contribution in [-0.4, -0.2) is 26.7 Å². The summed E-state index contributed by atoms with van der Waals surface area (Å²) in [5.74, 6) is 0.701. The minimum atomic E-state index is -0.466. The van der Waals surface area contributed by atoms with Gasteiger partial charge in [0.05, 0.1) is 19.6 Å². The van der Waals surface area contributed by atoms with Crippen LogP contribution in [0.25, 0.3) is 22.3 Å². The summed E-state index contributed by atoms with van der Waals surface area (Å²) in [7, 11) is 3.04. The summed E-state index contributed by atoms with van der Waals surface area (Å²) < 4.78 is 22.4. The maximum absolute atomic E-state index is 13.4. The van der Waals surface area contributed by atoms with Crippen molar-refractivity contribution in [1.82, 2.24) is 0 Å². The molecule has 1 heterocycles. The second-order valence-electron chi connectivity index (χ2n) is 9.46. The molecule has 0 aliphatic heterocycles. The van der Waals surface area contributed by atoms with Gasteiger partial charge in [0.15, 0.2) is 23.9 Å². The molecule has 0 radical (unpaired) electrons. The van der Waals surface area contributed by atoms with Gasteiger partial charge in [0, 0.05) is 22.3 Å². The molecule has 8 heteroatoms. The summed E-state index contributed by atoms with van der Waals surface area (Å²) >= 11 is 6.12. The highest BCUT2D eigenvalue weighted by atomic mass is 35.5. The summed E-state index contributed by atoms with van der Waals surface area (Å²) in [6, 6.07) is 17.5. The van der Waals surface area contributed by atoms with Gasteiger partial charge in [-0.1, -0.05) is 56.6 Å². The number of anilines is 1. The zero-order valence-electron chi connectivity index (χ0n) is 21.3. The number of carbonyl (C=O) groups is 1. The van der Waals surface area contributed by atoms with Crippen molar-refractivity contribution in [2.24, 2.45) is 0 Å². The summed E-state index contributed by atoms with van der Waals surface area (Å²) in [5.41, 5.74) is 2.17. The summed E-state index contributed by atoms with van der Waals surface area (Å²) in [5, 5.41) is 3.38. The van der Waals surface area contributed by atoms with Gasteiger partial charge in [0.2, 0.25) is 11.2 Å². The van der Waals surface area contributed by atoms with Crippen LogP contribution in [0.5, 0.6) is 17.2 Å². The lowest BCUT2D eigenvalue weighted by Gasteiger charge is -2.19. The zero-order valence-corrected chi connectivity index (χ0v) is 22.1. The van der Waals surface area contributed by atoms with E-state index in [1.165, 1.54) is 20.3 Å². The third kappa shape index (κ3) is 5.73. The number of hydrogen-bond acceptors (Lipinski definition) is 6. The van der Waals surface area contributed by atoms with E-state index in [1.54, 1.807) is 30.3 Å². The Morgan fingerprint density at radius 3 is 2.30 bits per heavy atom. The molecule has 0 unspecified atom stereocenters. The molecular formula is C29H28ClNO6.